The van der Waals surface area contributed by atoms with Crippen molar-refractivity contribution in [1.82, 2.24) is 14.7 Å². The fraction of sp³-hybridized carbons (Fsp3) is 0.583. The van der Waals surface area contributed by atoms with Gasteiger partial charge in [0.25, 0.3) is 0 Å². The lowest BCUT2D eigenvalue weighted by atomic mass is 10.1. The zero-order chi connectivity index (χ0) is 12.4. The molecule has 6 heteroatoms. The molecule has 0 amide bonds. The van der Waals surface area contributed by atoms with Crippen molar-refractivity contribution in [2.24, 2.45) is 0 Å². The molecule has 1 aliphatic rings. The highest BCUT2D eigenvalue weighted by atomic mass is 32.1. The van der Waals surface area contributed by atoms with Crippen molar-refractivity contribution in [3.8, 4) is 5.88 Å². The van der Waals surface area contributed by atoms with Crippen molar-refractivity contribution in [2.75, 3.05) is 20.3 Å². The summed E-state index contributed by atoms with van der Waals surface area (Å²) >= 11 is 1.62. The molecule has 1 fully saturated rings. The highest BCUT2D eigenvalue weighted by Gasteiger charge is 2.17. The summed E-state index contributed by atoms with van der Waals surface area (Å²) in [4.78, 5) is 5.42. The van der Waals surface area contributed by atoms with Crippen LogP contribution in [0.3, 0.4) is 0 Å². The van der Waals surface area contributed by atoms with Crippen LogP contribution in [0.25, 0.3) is 4.96 Å². The van der Waals surface area contributed by atoms with Gasteiger partial charge in [-0.3, -0.25) is 4.40 Å². The molecule has 1 aliphatic heterocycles. The number of fused-ring (bicyclic) bond motifs is 1. The third kappa shape index (κ3) is 2.23. The van der Waals surface area contributed by atoms with E-state index in [9.17, 15) is 0 Å². The average molecular weight is 267 g/mol. The van der Waals surface area contributed by atoms with Gasteiger partial charge in [-0.05, 0) is 12.8 Å². The van der Waals surface area contributed by atoms with Crippen LogP contribution in [0.4, 0.5) is 0 Å². The van der Waals surface area contributed by atoms with E-state index >= 15 is 0 Å². The second kappa shape index (κ2) is 5.26. The molecular formula is C12H17N3O2S. The zero-order valence-electron chi connectivity index (χ0n) is 10.4. The van der Waals surface area contributed by atoms with Gasteiger partial charge in [0.05, 0.1) is 13.7 Å². The Labute approximate surface area is 110 Å². The van der Waals surface area contributed by atoms with E-state index in [0.717, 1.165) is 36.8 Å². The van der Waals surface area contributed by atoms with Crippen LogP contribution >= 0.6 is 11.3 Å². The predicted molar refractivity (Wildman–Crippen MR) is 70.3 cm³/mol. The highest BCUT2D eigenvalue weighted by molar-refractivity contribution is 7.15. The Bertz CT molecular complexity index is 516. The lowest BCUT2D eigenvalue weighted by Gasteiger charge is -2.23. The monoisotopic (exact) mass is 267 g/mol. The second-order valence-corrected chi connectivity index (χ2v) is 5.29. The van der Waals surface area contributed by atoms with Crippen molar-refractivity contribution >= 4 is 16.3 Å². The number of aromatic nitrogens is 2. The van der Waals surface area contributed by atoms with E-state index in [1.165, 1.54) is 6.42 Å². The number of ether oxygens (including phenoxy) is 2. The van der Waals surface area contributed by atoms with Crippen LogP contribution < -0.4 is 10.1 Å². The number of nitrogens with zero attached hydrogens (tertiary/aromatic N) is 2. The first kappa shape index (κ1) is 12.0. The van der Waals surface area contributed by atoms with E-state index in [2.05, 4.69) is 14.7 Å². The van der Waals surface area contributed by atoms with Crippen molar-refractivity contribution in [1.29, 1.82) is 0 Å². The highest BCUT2D eigenvalue weighted by Crippen LogP contribution is 2.23. The molecule has 0 aromatic carbocycles. The summed E-state index contributed by atoms with van der Waals surface area (Å²) in [6, 6.07) is 0.438. The molecule has 2 aromatic rings. The molecule has 0 spiro atoms. The lowest BCUT2D eigenvalue weighted by Crippen LogP contribution is -2.36. The number of nitrogens with one attached hydrogen (secondary N) is 1. The fourth-order valence-corrected chi connectivity index (χ4v) is 3.00. The van der Waals surface area contributed by atoms with Gasteiger partial charge in [-0.2, -0.15) is 4.98 Å². The van der Waals surface area contributed by atoms with Crippen LogP contribution in [0.5, 0.6) is 5.88 Å². The van der Waals surface area contributed by atoms with E-state index in [-0.39, 0.29) is 0 Å². The van der Waals surface area contributed by atoms with Gasteiger partial charge < -0.3 is 14.8 Å². The van der Waals surface area contributed by atoms with Gasteiger partial charge in [-0.15, -0.1) is 11.3 Å². The Kier molecular flexibility index (Phi) is 3.49. The molecule has 1 saturated heterocycles. The third-order valence-electron chi connectivity index (χ3n) is 3.24. The summed E-state index contributed by atoms with van der Waals surface area (Å²) in [6.07, 6.45) is 4.34. The molecule has 0 bridgehead atoms. The Morgan fingerprint density at radius 3 is 3.39 bits per heavy atom. The number of thiazole rings is 1. The maximum Gasteiger partial charge on any atom is 0.237 e. The summed E-state index contributed by atoms with van der Waals surface area (Å²) in [5.74, 6) is 0.714. The first-order chi connectivity index (χ1) is 8.88. The molecule has 5 nitrogen and oxygen atoms in total. The second-order valence-electron chi connectivity index (χ2n) is 4.42. The molecule has 0 saturated carbocycles. The summed E-state index contributed by atoms with van der Waals surface area (Å²) in [5, 5.41) is 5.56. The molecule has 98 valence electrons. The number of rotatable bonds is 4. The van der Waals surface area contributed by atoms with E-state index < -0.39 is 0 Å². The van der Waals surface area contributed by atoms with Gasteiger partial charge in [0.1, 0.15) is 5.69 Å². The lowest BCUT2D eigenvalue weighted by molar-refractivity contribution is 0.0697. The number of methoxy groups -OCH3 is 1. The molecule has 3 rings (SSSR count). The van der Waals surface area contributed by atoms with Crippen molar-refractivity contribution in [2.45, 2.75) is 25.4 Å². The molecule has 0 radical (unpaired) electrons. The topological polar surface area (TPSA) is 47.8 Å². The molecule has 2 aromatic heterocycles. The largest absolute Gasteiger partial charge is 0.480 e. The van der Waals surface area contributed by atoms with Gasteiger partial charge in [0, 0.05) is 30.8 Å². The molecular weight excluding hydrogens is 250 g/mol. The number of imidazole rings is 1. The summed E-state index contributed by atoms with van der Waals surface area (Å²) < 4.78 is 12.9. The summed E-state index contributed by atoms with van der Waals surface area (Å²) in [5.41, 5.74) is 1.08. The van der Waals surface area contributed by atoms with Crippen molar-refractivity contribution in [3.05, 3.63) is 17.3 Å². The average Bonchev–Trinajstić information content (AvgIpc) is 2.98. The van der Waals surface area contributed by atoms with Crippen molar-refractivity contribution < 1.29 is 9.47 Å². The summed E-state index contributed by atoms with van der Waals surface area (Å²) in [6.45, 7) is 2.45. The van der Waals surface area contributed by atoms with Crippen LogP contribution in [0.15, 0.2) is 11.6 Å². The predicted octanol–water partition coefficient (Wildman–Crippen LogP) is 1.67. The van der Waals surface area contributed by atoms with E-state index in [0.29, 0.717) is 11.9 Å². The fourth-order valence-electron chi connectivity index (χ4n) is 2.28. The van der Waals surface area contributed by atoms with Gasteiger partial charge in [-0.25, -0.2) is 0 Å². The normalized spacial score (nSPS) is 20.4. The number of hydrogen-bond acceptors (Lipinski definition) is 5. The molecule has 1 atom stereocenters. The zero-order valence-corrected chi connectivity index (χ0v) is 11.2. The van der Waals surface area contributed by atoms with Crippen LogP contribution in [0, 0.1) is 0 Å². The van der Waals surface area contributed by atoms with E-state index in [1.54, 1.807) is 18.4 Å². The van der Waals surface area contributed by atoms with E-state index in [4.69, 9.17) is 9.47 Å². The molecule has 1 unspecified atom stereocenters. The maximum atomic E-state index is 5.47. The Hall–Kier alpha value is -1.11. The third-order valence-corrected chi connectivity index (χ3v) is 3.99. The van der Waals surface area contributed by atoms with Gasteiger partial charge >= 0.3 is 0 Å². The molecule has 18 heavy (non-hydrogen) atoms. The Balaban J connectivity index is 1.74. The van der Waals surface area contributed by atoms with Crippen LogP contribution in [0.1, 0.15) is 18.5 Å². The minimum Gasteiger partial charge on any atom is -0.480 e. The van der Waals surface area contributed by atoms with Crippen LogP contribution in [-0.2, 0) is 11.3 Å². The van der Waals surface area contributed by atoms with Gasteiger partial charge in [0.2, 0.25) is 5.88 Å². The van der Waals surface area contributed by atoms with E-state index in [1.807, 2.05) is 11.6 Å². The molecule has 0 aliphatic carbocycles. The number of hydrogen-bond donors (Lipinski definition) is 1. The quantitative estimate of drug-likeness (QED) is 0.915. The van der Waals surface area contributed by atoms with Gasteiger partial charge in [-0.1, -0.05) is 0 Å². The molecule has 3 heterocycles. The van der Waals surface area contributed by atoms with Gasteiger partial charge in [0.15, 0.2) is 4.96 Å². The minimum atomic E-state index is 0.438. The standard InChI is InChI=1S/C12H17N3O2S/c1-16-11-10(15-4-6-18-12(15)14-11)7-13-9-3-2-5-17-8-9/h4,6,9,13H,2-3,5,7-8H2,1H3. The smallest absolute Gasteiger partial charge is 0.237 e. The first-order valence-electron chi connectivity index (χ1n) is 6.18. The maximum absolute atomic E-state index is 5.47. The minimum absolute atomic E-state index is 0.438. The molecule has 1 N–H and O–H groups in total. The van der Waals surface area contributed by atoms with Crippen LogP contribution in [0.2, 0.25) is 0 Å². The summed E-state index contributed by atoms with van der Waals surface area (Å²) in [7, 11) is 1.67. The van der Waals surface area contributed by atoms with Crippen molar-refractivity contribution in [3.63, 3.8) is 0 Å². The SMILES string of the molecule is COc1nc2sccn2c1CNC1CCCOC1. The Morgan fingerprint density at radius 2 is 2.61 bits per heavy atom. The first-order valence-corrected chi connectivity index (χ1v) is 7.06. The van der Waals surface area contributed by atoms with Crippen LogP contribution in [-0.4, -0.2) is 35.8 Å². The Morgan fingerprint density at radius 1 is 1.67 bits per heavy atom.